The smallest absolute Gasteiger partial charge is 0.268 e. The third kappa shape index (κ3) is 1.78. The van der Waals surface area contributed by atoms with E-state index in [1.807, 2.05) is 12.1 Å². The van der Waals surface area contributed by atoms with Crippen molar-refractivity contribution in [2.45, 2.75) is 26.2 Å². The Morgan fingerprint density at radius 3 is 2.56 bits per heavy atom. The Morgan fingerprint density at radius 1 is 1.19 bits per heavy atom. The number of benzene rings is 1. The highest BCUT2D eigenvalue weighted by Gasteiger charge is 2.34. The lowest BCUT2D eigenvalue weighted by Crippen LogP contribution is -2.17. The monoisotopic (exact) mass is 281 g/mol. The SMILES string of the molecule is CCCCc1ccc2c(c1)C(=O)N(Br)C2=O. The summed E-state index contributed by atoms with van der Waals surface area (Å²) in [5, 5.41) is 0. The summed E-state index contributed by atoms with van der Waals surface area (Å²) in [7, 11) is 0. The zero-order valence-corrected chi connectivity index (χ0v) is 10.6. The van der Waals surface area contributed by atoms with Gasteiger partial charge in [0.05, 0.1) is 27.3 Å². The molecule has 1 aliphatic rings. The zero-order valence-electron chi connectivity index (χ0n) is 9.00. The van der Waals surface area contributed by atoms with Gasteiger partial charge >= 0.3 is 0 Å². The third-order valence-corrected chi connectivity index (χ3v) is 3.36. The van der Waals surface area contributed by atoms with Gasteiger partial charge in [0.25, 0.3) is 11.8 Å². The molecule has 4 heteroatoms. The van der Waals surface area contributed by atoms with Crippen molar-refractivity contribution >= 4 is 28.0 Å². The van der Waals surface area contributed by atoms with E-state index < -0.39 is 0 Å². The van der Waals surface area contributed by atoms with E-state index in [2.05, 4.69) is 23.1 Å². The fraction of sp³-hybridized carbons (Fsp3) is 0.333. The van der Waals surface area contributed by atoms with Gasteiger partial charge in [-0.25, -0.2) is 3.93 Å². The number of nitrogens with zero attached hydrogens (tertiary/aromatic N) is 1. The zero-order chi connectivity index (χ0) is 11.7. The Balaban J connectivity index is 2.34. The number of imide groups is 1. The predicted molar refractivity (Wildman–Crippen MR) is 64.5 cm³/mol. The Bertz CT molecular complexity index is 456. The molecule has 0 saturated heterocycles. The standard InChI is InChI=1S/C12H12BrNO2/c1-2-3-4-8-5-6-9-10(7-8)12(16)14(13)11(9)15/h5-7H,2-4H2,1H3. The Labute approximate surface area is 103 Å². The molecule has 0 aromatic heterocycles. The van der Waals surface area contributed by atoms with Gasteiger partial charge in [0.15, 0.2) is 0 Å². The lowest BCUT2D eigenvalue weighted by atomic mass is 10.0. The van der Waals surface area contributed by atoms with Gasteiger partial charge < -0.3 is 0 Å². The molecule has 84 valence electrons. The van der Waals surface area contributed by atoms with Crippen LogP contribution in [0, 0.1) is 0 Å². The van der Waals surface area contributed by atoms with Gasteiger partial charge in [0.2, 0.25) is 0 Å². The summed E-state index contributed by atoms with van der Waals surface area (Å²) in [6.07, 6.45) is 3.17. The van der Waals surface area contributed by atoms with Crippen LogP contribution in [0.25, 0.3) is 0 Å². The van der Waals surface area contributed by atoms with Gasteiger partial charge in [-0.15, -0.1) is 0 Å². The molecular weight excluding hydrogens is 270 g/mol. The van der Waals surface area contributed by atoms with E-state index in [0.29, 0.717) is 11.1 Å². The number of hydrogen-bond acceptors (Lipinski definition) is 2. The van der Waals surface area contributed by atoms with E-state index in [9.17, 15) is 9.59 Å². The molecule has 1 aromatic carbocycles. The highest BCUT2D eigenvalue weighted by Crippen LogP contribution is 2.26. The normalized spacial score (nSPS) is 14.5. The topological polar surface area (TPSA) is 37.4 Å². The lowest BCUT2D eigenvalue weighted by Gasteiger charge is -2.01. The molecule has 0 unspecified atom stereocenters. The van der Waals surface area contributed by atoms with Crippen molar-refractivity contribution in [1.82, 2.24) is 3.93 Å². The average Bonchev–Trinajstić information content (AvgIpc) is 2.52. The second-order valence-corrected chi connectivity index (χ2v) is 4.58. The summed E-state index contributed by atoms with van der Waals surface area (Å²) < 4.78 is 0.987. The van der Waals surface area contributed by atoms with Crippen molar-refractivity contribution in [3.8, 4) is 0 Å². The van der Waals surface area contributed by atoms with Crippen molar-refractivity contribution in [2.24, 2.45) is 0 Å². The first-order valence-electron chi connectivity index (χ1n) is 5.32. The van der Waals surface area contributed by atoms with E-state index >= 15 is 0 Å². The molecular formula is C12H12BrNO2. The first-order chi connectivity index (χ1) is 7.65. The van der Waals surface area contributed by atoms with Crippen LogP contribution >= 0.6 is 16.1 Å². The number of fused-ring (bicyclic) bond motifs is 1. The molecule has 1 aliphatic heterocycles. The maximum atomic E-state index is 11.7. The number of carbonyl (C=O) groups is 2. The van der Waals surface area contributed by atoms with Crippen LogP contribution in [-0.2, 0) is 6.42 Å². The molecule has 0 N–H and O–H groups in total. The summed E-state index contributed by atoms with van der Waals surface area (Å²) in [4.78, 5) is 23.3. The van der Waals surface area contributed by atoms with Gasteiger partial charge in [-0.1, -0.05) is 19.4 Å². The molecule has 3 nitrogen and oxygen atoms in total. The van der Waals surface area contributed by atoms with Crippen LogP contribution < -0.4 is 0 Å². The largest absolute Gasteiger partial charge is 0.271 e. The molecule has 2 rings (SSSR count). The molecule has 16 heavy (non-hydrogen) atoms. The number of carbonyl (C=O) groups excluding carboxylic acids is 2. The van der Waals surface area contributed by atoms with Gasteiger partial charge in [0, 0.05) is 0 Å². The van der Waals surface area contributed by atoms with E-state index in [1.165, 1.54) is 0 Å². The minimum Gasteiger partial charge on any atom is -0.268 e. The summed E-state index contributed by atoms with van der Waals surface area (Å²) in [6, 6.07) is 5.49. The molecule has 0 saturated carbocycles. The molecule has 0 bridgehead atoms. The van der Waals surface area contributed by atoms with Crippen molar-refractivity contribution < 1.29 is 9.59 Å². The van der Waals surface area contributed by atoms with Crippen molar-refractivity contribution in [1.29, 1.82) is 0 Å². The number of hydrogen-bond donors (Lipinski definition) is 0. The molecule has 0 atom stereocenters. The van der Waals surface area contributed by atoms with E-state index in [-0.39, 0.29) is 11.8 Å². The van der Waals surface area contributed by atoms with Gasteiger partial charge in [-0.3, -0.25) is 9.59 Å². The molecule has 0 spiro atoms. The maximum absolute atomic E-state index is 11.7. The average molecular weight is 282 g/mol. The van der Waals surface area contributed by atoms with Crippen LogP contribution in [0.3, 0.4) is 0 Å². The van der Waals surface area contributed by atoms with Gasteiger partial charge in [-0.05, 0) is 30.5 Å². The van der Waals surface area contributed by atoms with E-state index in [1.54, 1.807) is 6.07 Å². The first kappa shape index (κ1) is 11.3. The Hall–Kier alpha value is -1.16. The summed E-state index contributed by atoms with van der Waals surface area (Å²) in [5.41, 5.74) is 2.11. The second-order valence-electron chi connectivity index (χ2n) is 3.87. The van der Waals surface area contributed by atoms with Crippen LogP contribution in [-0.4, -0.2) is 15.7 Å². The van der Waals surface area contributed by atoms with Crippen LogP contribution in [0.2, 0.25) is 0 Å². The predicted octanol–water partition coefficient (Wildman–Crippen LogP) is 2.94. The highest BCUT2D eigenvalue weighted by molar-refractivity contribution is 9.08. The first-order valence-corrected chi connectivity index (χ1v) is 6.03. The highest BCUT2D eigenvalue weighted by atomic mass is 79.9. The van der Waals surface area contributed by atoms with Crippen LogP contribution in [0.15, 0.2) is 18.2 Å². The van der Waals surface area contributed by atoms with Gasteiger partial charge in [0.1, 0.15) is 0 Å². The lowest BCUT2D eigenvalue weighted by molar-refractivity contribution is 0.0785. The number of aryl methyl sites for hydroxylation is 1. The molecule has 0 aliphatic carbocycles. The van der Waals surface area contributed by atoms with Gasteiger partial charge in [-0.2, -0.15) is 0 Å². The molecule has 0 radical (unpaired) electrons. The molecule has 2 amide bonds. The van der Waals surface area contributed by atoms with E-state index in [4.69, 9.17) is 0 Å². The Kier molecular flexibility index (Phi) is 3.10. The van der Waals surface area contributed by atoms with E-state index in [0.717, 1.165) is 28.8 Å². The quantitative estimate of drug-likeness (QED) is 0.631. The van der Waals surface area contributed by atoms with Crippen molar-refractivity contribution in [2.75, 3.05) is 0 Å². The number of amides is 2. The number of unbranched alkanes of at least 4 members (excludes halogenated alkanes) is 1. The van der Waals surface area contributed by atoms with Crippen LogP contribution in [0.5, 0.6) is 0 Å². The molecule has 1 heterocycles. The van der Waals surface area contributed by atoms with Crippen molar-refractivity contribution in [3.05, 3.63) is 34.9 Å². The number of rotatable bonds is 3. The molecule has 1 aromatic rings. The van der Waals surface area contributed by atoms with Crippen molar-refractivity contribution in [3.63, 3.8) is 0 Å². The minimum absolute atomic E-state index is 0.265. The summed E-state index contributed by atoms with van der Waals surface area (Å²) >= 11 is 2.96. The number of halogens is 1. The molecule has 0 fully saturated rings. The third-order valence-electron chi connectivity index (χ3n) is 2.72. The summed E-state index contributed by atoms with van der Waals surface area (Å²) in [6.45, 7) is 2.13. The van der Waals surface area contributed by atoms with Crippen LogP contribution in [0.4, 0.5) is 0 Å². The summed E-state index contributed by atoms with van der Waals surface area (Å²) in [5.74, 6) is -0.541. The van der Waals surface area contributed by atoms with Crippen LogP contribution in [0.1, 0.15) is 46.0 Å². The minimum atomic E-state index is -0.276. The fourth-order valence-corrected chi connectivity index (χ4v) is 2.18. The Morgan fingerprint density at radius 2 is 1.88 bits per heavy atom. The second kappa shape index (κ2) is 4.37. The fourth-order valence-electron chi connectivity index (χ4n) is 1.79. The maximum Gasteiger partial charge on any atom is 0.271 e.